The fourth-order valence-electron chi connectivity index (χ4n) is 1.55. The van der Waals surface area contributed by atoms with Crippen molar-refractivity contribution in [2.45, 2.75) is 13.5 Å². The number of nitrogens with zero attached hydrogens (tertiary/aromatic N) is 2. The van der Waals surface area contributed by atoms with E-state index in [9.17, 15) is 4.39 Å². The van der Waals surface area contributed by atoms with Gasteiger partial charge in [-0.15, -0.1) is 0 Å². The smallest absolute Gasteiger partial charge is 0.150 e. The summed E-state index contributed by atoms with van der Waals surface area (Å²) >= 11 is 5.96. The first-order valence-corrected chi connectivity index (χ1v) is 5.79. The summed E-state index contributed by atoms with van der Waals surface area (Å²) in [6.45, 7) is 3.62. The first kappa shape index (κ1) is 12.1. The van der Waals surface area contributed by atoms with Gasteiger partial charge in [-0.3, -0.25) is 0 Å². The molecule has 5 heteroatoms. The van der Waals surface area contributed by atoms with Crippen LogP contribution in [-0.4, -0.2) is 16.3 Å². The highest BCUT2D eigenvalue weighted by molar-refractivity contribution is 6.32. The Morgan fingerprint density at radius 2 is 2.29 bits per heavy atom. The van der Waals surface area contributed by atoms with E-state index in [1.807, 2.05) is 6.92 Å². The van der Waals surface area contributed by atoms with E-state index < -0.39 is 0 Å². The summed E-state index contributed by atoms with van der Waals surface area (Å²) in [4.78, 5) is 0. The average Bonchev–Trinajstić information content (AvgIpc) is 2.75. The molecule has 1 aromatic carbocycles. The molecule has 90 valence electrons. The van der Waals surface area contributed by atoms with Crippen LogP contribution in [0.15, 0.2) is 30.6 Å². The molecule has 2 rings (SSSR count). The number of hydrogen-bond donors (Lipinski definition) is 1. The zero-order chi connectivity index (χ0) is 12.3. The molecule has 0 radical (unpaired) electrons. The van der Waals surface area contributed by atoms with Crippen molar-refractivity contribution in [1.29, 1.82) is 0 Å². The standard InChI is InChI=1S/C12H13ClFN3/c1-2-15-6-9-7-16-17(8-9)12-10(13)4-3-5-11(12)14/h3-5,7-8,15H,2,6H2,1H3. The van der Waals surface area contributed by atoms with Crippen molar-refractivity contribution < 1.29 is 4.39 Å². The van der Waals surface area contributed by atoms with E-state index in [0.717, 1.165) is 12.1 Å². The van der Waals surface area contributed by atoms with E-state index in [0.29, 0.717) is 11.6 Å². The van der Waals surface area contributed by atoms with Gasteiger partial charge in [0.1, 0.15) is 11.5 Å². The predicted octanol–water partition coefficient (Wildman–Crippen LogP) is 2.77. The van der Waals surface area contributed by atoms with E-state index in [2.05, 4.69) is 10.4 Å². The Hall–Kier alpha value is -1.39. The highest BCUT2D eigenvalue weighted by Crippen LogP contribution is 2.22. The van der Waals surface area contributed by atoms with Crippen LogP contribution in [0, 0.1) is 5.82 Å². The fraction of sp³-hybridized carbons (Fsp3) is 0.250. The molecule has 0 aliphatic heterocycles. The van der Waals surface area contributed by atoms with Gasteiger partial charge in [0, 0.05) is 18.3 Å². The molecule has 3 nitrogen and oxygen atoms in total. The van der Waals surface area contributed by atoms with Crippen LogP contribution in [0.25, 0.3) is 5.69 Å². The van der Waals surface area contributed by atoms with Gasteiger partial charge in [-0.1, -0.05) is 24.6 Å². The third kappa shape index (κ3) is 2.65. The third-order valence-electron chi connectivity index (χ3n) is 2.38. The summed E-state index contributed by atoms with van der Waals surface area (Å²) in [7, 11) is 0. The van der Waals surface area contributed by atoms with Crippen molar-refractivity contribution in [2.75, 3.05) is 6.54 Å². The molecule has 1 N–H and O–H groups in total. The summed E-state index contributed by atoms with van der Waals surface area (Å²) in [5.41, 5.74) is 1.28. The minimum Gasteiger partial charge on any atom is -0.313 e. The monoisotopic (exact) mass is 253 g/mol. The van der Waals surface area contributed by atoms with Crippen molar-refractivity contribution in [3.05, 3.63) is 47.0 Å². The molecule has 0 unspecified atom stereocenters. The summed E-state index contributed by atoms with van der Waals surface area (Å²) in [5.74, 6) is -0.379. The normalized spacial score (nSPS) is 10.8. The van der Waals surface area contributed by atoms with Crippen molar-refractivity contribution in [3.63, 3.8) is 0 Å². The van der Waals surface area contributed by atoms with Crippen LogP contribution < -0.4 is 5.32 Å². The zero-order valence-corrected chi connectivity index (χ0v) is 10.2. The van der Waals surface area contributed by atoms with E-state index in [-0.39, 0.29) is 11.5 Å². The van der Waals surface area contributed by atoms with Crippen molar-refractivity contribution >= 4 is 11.6 Å². The van der Waals surface area contributed by atoms with Gasteiger partial charge < -0.3 is 5.32 Å². The number of halogens is 2. The van der Waals surface area contributed by atoms with Gasteiger partial charge >= 0.3 is 0 Å². The minimum atomic E-state index is -0.379. The molecule has 0 aliphatic rings. The van der Waals surface area contributed by atoms with Crippen molar-refractivity contribution in [2.24, 2.45) is 0 Å². The van der Waals surface area contributed by atoms with Crippen molar-refractivity contribution in [3.8, 4) is 5.69 Å². The Morgan fingerprint density at radius 1 is 1.47 bits per heavy atom. The second kappa shape index (κ2) is 5.29. The lowest BCUT2D eigenvalue weighted by Gasteiger charge is -2.05. The topological polar surface area (TPSA) is 29.9 Å². The number of para-hydroxylation sites is 1. The second-order valence-corrected chi connectivity index (χ2v) is 4.05. The van der Waals surface area contributed by atoms with E-state index in [1.54, 1.807) is 24.5 Å². The van der Waals surface area contributed by atoms with E-state index >= 15 is 0 Å². The maximum absolute atomic E-state index is 13.6. The first-order chi connectivity index (χ1) is 8.22. The molecule has 0 amide bonds. The summed E-state index contributed by atoms with van der Waals surface area (Å²) in [6.07, 6.45) is 3.47. The predicted molar refractivity (Wildman–Crippen MR) is 65.9 cm³/mol. The largest absolute Gasteiger partial charge is 0.313 e. The Morgan fingerprint density at radius 3 is 3.00 bits per heavy atom. The maximum atomic E-state index is 13.6. The van der Waals surface area contributed by atoms with Gasteiger partial charge in [-0.2, -0.15) is 5.10 Å². The number of benzene rings is 1. The van der Waals surface area contributed by atoms with Gasteiger partial charge in [0.2, 0.25) is 0 Å². The summed E-state index contributed by atoms with van der Waals surface area (Å²) < 4.78 is 15.1. The van der Waals surface area contributed by atoms with E-state index in [4.69, 9.17) is 11.6 Å². The summed E-state index contributed by atoms with van der Waals surface area (Å²) in [6, 6.07) is 4.59. The molecule has 0 atom stereocenters. The molecule has 1 heterocycles. The van der Waals surface area contributed by atoms with Gasteiger partial charge in [-0.25, -0.2) is 9.07 Å². The van der Waals surface area contributed by atoms with Crippen LogP contribution >= 0.6 is 11.6 Å². The third-order valence-corrected chi connectivity index (χ3v) is 2.69. The highest BCUT2D eigenvalue weighted by atomic mass is 35.5. The molecule has 0 aliphatic carbocycles. The quantitative estimate of drug-likeness (QED) is 0.908. The SMILES string of the molecule is CCNCc1cnn(-c2c(F)cccc2Cl)c1. The molecule has 1 aromatic heterocycles. The molecule has 17 heavy (non-hydrogen) atoms. The molecular weight excluding hydrogens is 241 g/mol. The molecule has 2 aromatic rings. The first-order valence-electron chi connectivity index (χ1n) is 5.41. The molecule has 0 saturated heterocycles. The summed E-state index contributed by atoms with van der Waals surface area (Å²) in [5, 5.41) is 7.64. The Labute approximate surface area is 104 Å². The van der Waals surface area contributed by atoms with Gasteiger partial charge in [0.25, 0.3) is 0 Å². The number of nitrogens with one attached hydrogen (secondary N) is 1. The molecule has 0 spiro atoms. The average molecular weight is 254 g/mol. The Kier molecular flexibility index (Phi) is 3.76. The minimum absolute atomic E-state index is 0.289. The fourth-order valence-corrected chi connectivity index (χ4v) is 1.80. The Bertz CT molecular complexity index is 490. The molecule has 0 saturated carbocycles. The molecular formula is C12H13ClFN3. The van der Waals surface area contributed by atoms with Crippen LogP contribution in [0.3, 0.4) is 0 Å². The Balaban J connectivity index is 2.30. The van der Waals surface area contributed by atoms with Crippen LogP contribution in [0.5, 0.6) is 0 Å². The van der Waals surface area contributed by atoms with Crippen LogP contribution in [0.2, 0.25) is 5.02 Å². The number of hydrogen-bond acceptors (Lipinski definition) is 2. The number of rotatable bonds is 4. The lowest BCUT2D eigenvalue weighted by Crippen LogP contribution is -2.11. The van der Waals surface area contributed by atoms with Crippen LogP contribution in [0.1, 0.15) is 12.5 Å². The van der Waals surface area contributed by atoms with Crippen LogP contribution in [-0.2, 0) is 6.54 Å². The van der Waals surface area contributed by atoms with Gasteiger partial charge in [-0.05, 0) is 18.7 Å². The second-order valence-electron chi connectivity index (χ2n) is 3.64. The van der Waals surface area contributed by atoms with E-state index in [1.165, 1.54) is 10.7 Å². The number of aromatic nitrogens is 2. The lowest BCUT2D eigenvalue weighted by molar-refractivity contribution is 0.611. The van der Waals surface area contributed by atoms with Crippen LogP contribution in [0.4, 0.5) is 4.39 Å². The maximum Gasteiger partial charge on any atom is 0.150 e. The van der Waals surface area contributed by atoms with Crippen molar-refractivity contribution in [1.82, 2.24) is 15.1 Å². The molecule has 0 fully saturated rings. The zero-order valence-electron chi connectivity index (χ0n) is 9.45. The molecule has 0 bridgehead atoms. The van der Waals surface area contributed by atoms with Gasteiger partial charge in [0.05, 0.1) is 11.2 Å². The lowest BCUT2D eigenvalue weighted by atomic mass is 10.3. The van der Waals surface area contributed by atoms with Gasteiger partial charge in [0.15, 0.2) is 0 Å². The highest BCUT2D eigenvalue weighted by Gasteiger charge is 2.10.